The van der Waals surface area contributed by atoms with E-state index >= 15 is 0 Å². The third-order valence-electron chi connectivity index (χ3n) is 3.82. The van der Waals surface area contributed by atoms with E-state index in [0.717, 1.165) is 37.4 Å². The molecule has 104 valence electrons. The molecule has 0 radical (unpaired) electrons. The average Bonchev–Trinajstić information content (AvgIpc) is 2.88. The Labute approximate surface area is 112 Å². The Morgan fingerprint density at radius 1 is 1.53 bits per heavy atom. The molecule has 0 saturated heterocycles. The van der Waals surface area contributed by atoms with Gasteiger partial charge in [-0.1, -0.05) is 12.8 Å². The van der Waals surface area contributed by atoms with Gasteiger partial charge >= 0.3 is 5.97 Å². The van der Waals surface area contributed by atoms with Crippen molar-refractivity contribution in [3.8, 4) is 0 Å². The van der Waals surface area contributed by atoms with E-state index in [1.54, 1.807) is 6.20 Å². The van der Waals surface area contributed by atoms with Crippen LogP contribution in [-0.4, -0.2) is 33.5 Å². The summed E-state index contributed by atoms with van der Waals surface area (Å²) in [5.41, 5.74) is 0.730. The van der Waals surface area contributed by atoms with Gasteiger partial charge in [0.2, 0.25) is 0 Å². The quantitative estimate of drug-likeness (QED) is 0.890. The van der Waals surface area contributed by atoms with Gasteiger partial charge in [-0.25, -0.2) is 4.39 Å². The lowest BCUT2D eigenvalue weighted by Crippen LogP contribution is -2.39. The van der Waals surface area contributed by atoms with Crippen molar-refractivity contribution in [2.24, 2.45) is 0 Å². The molecule has 1 atom stereocenters. The third-order valence-corrected chi connectivity index (χ3v) is 3.82. The van der Waals surface area contributed by atoms with Crippen molar-refractivity contribution in [1.82, 2.24) is 9.88 Å². The van der Waals surface area contributed by atoms with Gasteiger partial charge in [-0.3, -0.25) is 14.7 Å². The molecule has 1 fully saturated rings. The van der Waals surface area contributed by atoms with E-state index in [1.807, 2.05) is 11.8 Å². The number of carbonyl (C=O) groups is 1. The van der Waals surface area contributed by atoms with Crippen molar-refractivity contribution in [2.75, 3.05) is 6.54 Å². The van der Waals surface area contributed by atoms with Gasteiger partial charge in [-0.15, -0.1) is 0 Å². The number of pyridine rings is 1. The van der Waals surface area contributed by atoms with Crippen LogP contribution < -0.4 is 0 Å². The van der Waals surface area contributed by atoms with E-state index in [4.69, 9.17) is 5.11 Å². The zero-order valence-electron chi connectivity index (χ0n) is 11.1. The van der Waals surface area contributed by atoms with Crippen LogP contribution in [0.2, 0.25) is 0 Å². The maximum atomic E-state index is 13.2. The zero-order chi connectivity index (χ0) is 13.8. The predicted octanol–water partition coefficient (Wildman–Crippen LogP) is 2.61. The summed E-state index contributed by atoms with van der Waals surface area (Å²) in [6.45, 7) is 1.90. The molecule has 2 rings (SSSR count). The molecule has 19 heavy (non-hydrogen) atoms. The van der Waals surface area contributed by atoms with Gasteiger partial charge in [0.05, 0.1) is 12.7 Å². The number of hydrogen-bond acceptors (Lipinski definition) is 3. The number of carboxylic acids is 1. The van der Waals surface area contributed by atoms with Crippen molar-refractivity contribution in [2.45, 2.75) is 44.7 Å². The maximum Gasteiger partial charge on any atom is 0.317 e. The van der Waals surface area contributed by atoms with Crippen molar-refractivity contribution in [1.29, 1.82) is 0 Å². The van der Waals surface area contributed by atoms with Crippen LogP contribution in [0.3, 0.4) is 0 Å². The Hall–Kier alpha value is -1.49. The molecule has 1 aliphatic rings. The number of halogens is 1. The lowest BCUT2D eigenvalue weighted by Gasteiger charge is -2.33. The summed E-state index contributed by atoms with van der Waals surface area (Å²) in [6.07, 6.45) is 7.06. The van der Waals surface area contributed by atoms with Crippen LogP contribution in [0, 0.1) is 5.82 Å². The Kier molecular flexibility index (Phi) is 4.47. The lowest BCUT2D eigenvalue weighted by molar-refractivity contribution is -0.139. The highest BCUT2D eigenvalue weighted by Gasteiger charge is 2.29. The number of rotatable bonds is 5. The SMILES string of the molecule is CC(c1cncc(F)c1)N(CC(=O)O)C1CCCC1. The molecule has 1 saturated carbocycles. The van der Waals surface area contributed by atoms with Gasteiger partial charge in [0.1, 0.15) is 5.82 Å². The molecule has 1 unspecified atom stereocenters. The molecule has 1 heterocycles. The van der Waals surface area contributed by atoms with Crippen LogP contribution in [0.4, 0.5) is 4.39 Å². The Bertz CT molecular complexity index is 447. The molecule has 1 N–H and O–H groups in total. The Morgan fingerprint density at radius 3 is 2.79 bits per heavy atom. The predicted molar refractivity (Wildman–Crippen MR) is 69.2 cm³/mol. The second kappa shape index (κ2) is 6.10. The summed E-state index contributed by atoms with van der Waals surface area (Å²) in [4.78, 5) is 16.8. The number of nitrogens with zero attached hydrogens (tertiary/aromatic N) is 2. The van der Waals surface area contributed by atoms with Gasteiger partial charge < -0.3 is 5.11 Å². The first kappa shape index (κ1) is 13.9. The largest absolute Gasteiger partial charge is 0.480 e. The highest BCUT2D eigenvalue weighted by atomic mass is 19.1. The standard InChI is InChI=1S/C14H19FN2O2/c1-10(11-6-12(15)8-16-7-11)17(9-14(18)19)13-4-2-3-5-13/h6-8,10,13H,2-5,9H2,1H3,(H,18,19). The molecule has 0 amide bonds. The molecule has 5 heteroatoms. The smallest absolute Gasteiger partial charge is 0.317 e. The van der Waals surface area contributed by atoms with E-state index in [0.29, 0.717) is 0 Å². The molecular formula is C14H19FN2O2. The molecule has 0 aliphatic heterocycles. The minimum Gasteiger partial charge on any atom is -0.480 e. The highest BCUT2D eigenvalue weighted by molar-refractivity contribution is 5.69. The summed E-state index contributed by atoms with van der Waals surface area (Å²) in [6, 6.07) is 1.57. The minimum atomic E-state index is -0.844. The summed E-state index contributed by atoms with van der Waals surface area (Å²) in [5, 5.41) is 9.06. The molecule has 1 aromatic heterocycles. The van der Waals surface area contributed by atoms with Crippen LogP contribution in [0.5, 0.6) is 0 Å². The molecule has 0 aromatic carbocycles. The van der Waals surface area contributed by atoms with Crippen LogP contribution in [0.25, 0.3) is 0 Å². The van der Waals surface area contributed by atoms with Crippen molar-refractivity contribution < 1.29 is 14.3 Å². The second-order valence-corrected chi connectivity index (χ2v) is 5.12. The summed E-state index contributed by atoms with van der Waals surface area (Å²) < 4.78 is 13.2. The molecule has 1 aliphatic carbocycles. The van der Waals surface area contributed by atoms with Gasteiger partial charge in [0, 0.05) is 18.3 Å². The highest BCUT2D eigenvalue weighted by Crippen LogP contribution is 2.30. The first-order chi connectivity index (χ1) is 9.08. The fraction of sp³-hybridized carbons (Fsp3) is 0.571. The normalized spacial score (nSPS) is 17.8. The first-order valence-electron chi connectivity index (χ1n) is 6.66. The van der Waals surface area contributed by atoms with Crippen molar-refractivity contribution in [3.63, 3.8) is 0 Å². The van der Waals surface area contributed by atoms with Gasteiger partial charge in [0.25, 0.3) is 0 Å². The Morgan fingerprint density at radius 2 is 2.21 bits per heavy atom. The fourth-order valence-corrected chi connectivity index (χ4v) is 2.82. The number of aromatic nitrogens is 1. The van der Waals surface area contributed by atoms with E-state index < -0.39 is 5.97 Å². The third kappa shape index (κ3) is 3.50. The number of carboxylic acid groups (broad SMARTS) is 1. The molecule has 4 nitrogen and oxygen atoms in total. The monoisotopic (exact) mass is 266 g/mol. The lowest BCUT2D eigenvalue weighted by atomic mass is 10.1. The summed E-state index contributed by atoms with van der Waals surface area (Å²) >= 11 is 0. The molecule has 0 bridgehead atoms. The number of aliphatic carboxylic acids is 1. The van der Waals surface area contributed by atoms with Crippen LogP contribution in [-0.2, 0) is 4.79 Å². The molecule has 0 spiro atoms. The van der Waals surface area contributed by atoms with Gasteiger partial charge in [-0.2, -0.15) is 0 Å². The fourth-order valence-electron chi connectivity index (χ4n) is 2.82. The van der Waals surface area contributed by atoms with Gasteiger partial charge in [0.15, 0.2) is 0 Å². The topological polar surface area (TPSA) is 53.4 Å². The molecular weight excluding hydrogens is 247 g/mol. The summed E-state index contributed by atoms with van der Waals surface area (Å²) in [7, 11) is 0. The van der Waals surface area contributed by atoms with Crippen molar-refractivity contribution in [3.05, 3.63) is 29.8 Å². The van der Waals surface area contributed by atoms with E-state index in [-0.39, 0.29) is 24.4 Å². The average molecular weight is 266 g/mol. The van der Waals surface area contributed by atoms with Crippen LogP contribution >= 0.6 is 0 Å². The van der Waals surface area contributed by atoms with E-state index in [2.05, 4.69) is 4.98 Å². The Balaban J connectivity index is 2.18. The second-order valence-electron chi connectivity index (χ2n) is 5.12. The van der Waals surface area contributed by atoms with Crippen LogP contribution in [0.1, 0.15) is 44.2 Å². The van der Waals surface area contributed by atoms with E-state index in [9.17, 15) is 9.18 Å². The zero-order valence-corrected chi connectivity index (χ0v) is 11.1. The first-order valence-corrected chi connectivity index (χ1v) is 6.66. The minimum absolute atomic E-state index is 0.0116. The van der Waals surface area contributed by atoms with Gasteiger partial charge in [-0.05, 0) is 31.4 Å². The summed E-state index contributed by atoms with van der Waals surface area (Å²) in [5.74, 6) is -1.23. The number of hydrogen-bond donors (Lipinski definition) is 1. The van der Waals surface area contributed by atoms with Crippen LogP contribution in [0.15, 0.2) is 18.5 Å². The van der Waals surface area contributed by atoms with E-state index in [1.165, 1.54) is 6.07 Å². The van der Waals surface area contributed by atoms with Crippen molar-refractivity contribution >= 4 is 5.97 Å². The molecule has 1 aromatic rings. The maximum absolute atomic E-state index is 13.2.